The average Bonchev–Trinajstić information content (AvgIpc) is 2.94. The number of hydrogen-bond donors (Lipinski definition) is 0. The molecular formula is C14H15N3OS. The van der Waals surface area contributed by atoms with Crippen LogP contribution in [0.15, 0.2) is 34.3 Å². The van der Waals surface area contributed by atoms with Gasteiger partial charge in [-0.15, -0.1) is 18.2 Å². The second-order valence-electron chi connectivity index (χ2n) is 4.03. The van der Waals surface area contributed by atoms with Crippen molar-refractivity contribution >= 4 is 29.7 Å². The average molecular weight is 273 g/mol. The lowest BCUT2D eigenvalue weighted by atomic mass is 10.3. The lowest BCUT2D eigenvalue weighted by molar-refractivity contribution is -0.114. The van der Waals surface area contributed by atoms with Crippen molar-refractivity contribution in [2.75, 3.05) is 24.4 Å². The molecule has 0 N–H and O–H groups in total. The summed E-state index contributed by atoms with van der Waals surface area (Å²) in [5.74, 6) is 3.18. The number of hydrazone groups is 1. The molecule has 2 rings (SSSR count). The number of nitrogens with zero attached hydrogens (tertiary/aromatic N) is 3. The Kier molecular flexibility index (Phi) is 4.48. The van der Waals surface area contributed by atoms with E-state index in [1.165, 1.54) is 9.80 Å². The fourth-order valence-corrected chi connectivity index (χ4v) is 2.35. The molecule has 1 aromatic carbocycles. The third-order valence-corrected chi connectivity index (χ3v) is 3.58. The number of benzene rings is 1. The van der Waals surface area contributed by atoms with E-state index in [9.17, 15) is 4.79 Å². The molecule has 1 aliphatic rings. The lowest BCUT2D eigenvalue weighted by Crippen LogP contribution is -2.28. The number of thioether (sulfide) groups is 1. The summed E-state index contributed by atoms with van der Waals surface area (Å²) in [5, 5.41) is 6.37. The van der Waals surface area contributed by atoms with Gasteiger partial charge in [-0.1, -0.05) is 12.0 Å². The van der Waals surface area contributed by atoms with E-state index in [2.05, 4.69) is 23.2 Å². The SMILES string of the molecule is C#CCN(C=O)C1=NN(c2cccc(SC)c2)CC1. The molecule has 1 aliphatic heterocycles. The predicted molar refractivity (Wildman–Crippen MR) is 79.2 cm³/mol. The van der Waals surface area contributed by atoms with Gasteiger partial charge in [0.25, 0.3) is 0 Å². The van der Waals surface area contributed by atoms with E-state index in [-0.39, 0.29) is 6.54 Å². The smallest absolute Gasteiger partial charge is 0.215 e. The van der Waals surface area contributed by atoms with E-state index < -0.39 is 0 Å². The Hall–Kier alpha value is -1.93. The van der Waals surface area contributed by atoms with Gasteiger partial charge in [0.15, 0.2) is 0 Å². The molecule has 1 heterocycles. The standard InChI is InChI=1S/C14H15N3OS/c1-3-8-16(11-18)14-7-9-17(15-14)12-5-4-6-13(10-12)19-2/h1,4-6,10-11H,7-9H2,2H3. The Balaban J connectivity index is 2.17. The van der Waals surface area contributed by atoms with E-state index in [1.807, 2.05) is 23.4 Å². The maximum absolute atomic E-state index is 11.0. The zero-order valence-electron chi connectivity index (χ0n) is 10.7. The van der Waals surface area contributed by atoms with Gasteiger partial charge in [0.1, 0.15) is 5.84 Å². The number of rotatable bonds is 4. The molecule has 0 unspecified atom stereocenters. The van der Waals surface area contributed by atoms with Crippen LogP contribution in [0.5, 0.6) is 0 Å². The number of hydrogen-bond acceptors (Lipinski definition) is 4. The monoisotopic (exact) mass is 273 g/mol. The highest BCUT2D eigenvalue weighted by Crippen LogP contribution is 2.25. The Morgan fingerprint density at radius 3 is 3.16 bits per heavy atom. The maximum atomic E-state index is 11.0. The maximum Gasteiger partial charge on any atom is 0.215 e. The van der Waals surface area contributed by atoms with Crippen LogP contribution in [0.1, 0.15) is 6.42 Å². The molecule has 0 fully saturated rings. The van der Waals surface area contributed by atoms with Gasteiger partial charge >= 0.3 is 0 Å². The van der Waals surface area contributed by atoms with Gasteiger partial charge in [0, 0.05) is 17.9 Å². The van der Waals surface area contributed by atoms with Crippen LogP contribution in [0.3, 0.4) is 0 Å². The highest BCUT2D eigenvalue weighted by Gasteiger charge is 2.20. The molecule has 0 saturated heterocycles. The minimum absolute atomic E-state index is 0.265. The topological polar surface area (TPSA) is 35.9 Å². The number of carbonyl (C=O) groups is 1. The van der Waals surface area contributed by atoms with Crippen LogP contribution in [0.2, 0.25) is 0 Å². The second kappa shape index (κ2) is 6.30. The number of amidine groups is 1. The van der Waals surface area contributed by atoms with Crippen molar-refractivity contribution in [3.8, 4) is 12.3 Å². The van der Waals surface area contributed by atoms with Crippen molar-refractivity contribution < 1.29 is 4.79 Å². The van der Waals surface area contributed by atoms with Gasteiger partial charge in [-0.25, -0.2) is 0 Å². The number of anilines is 1. The van der Waals surface area contributed by atoms with Crippen molar-refractivity contribution in [2.45, 2.75) is 11.3 Å². The second-order valence-corrected chi connectivity index (χ2v) is 4.91. The summed E-state index contributed by atoms with van der Waals surface area (Å²) >= 11 is 1.69. The molecule has 4 nitrogen and oxygen atoms in total. The third-order valence-electron chi connectivity index (χ3n) is 2.86. The van der Waals surface area contributed by atoms with Gasteiger partial charge in [0.2, 0.25) is 6.41 Å². The number of terminal acetylenes is 1. The number of amides is 1. The molecule has 19 heavy (non-hydrogen) atoms. The highest BCUT2D eigenvalue weighted by molar-refractivity contribution is 7.98. The van der Waals surface area contributed by atoms with E-state index in [0.29, 0.717) is 0 Å². The molecule has 0 bridgehead atoms. The van der Waals surface area contributed by atoms with Crippen LogP contribution in [0.4, 0.5) is 5.69 Å². The minimum Gasteiger partial charge on any atom is -0.290 e. The molecule has 5 heteroatoms. The first-order valence-electron chi connectivity index (χ1n) is 5.93. The molecule has 98 valence electrons. The Morgan fingerprint density at radius 2 is 2.47 bits per heavy atom. The van der Waals surface area contributed by atoms with Crippen LogP contribution in [0, 0.1) is 12.3 Å². The molecule has 0 saturated carbocycles. The molecule has 0 aliphatic carbocycles. The fourth-order valence-electron chi connectivity index (χ4n) is 1.89. The summed E-state index contributed by atoms with van der Waals surface area (Å²) in [6.45, 7) is 1.03. The summed E-state index contributed by atoms with van der Waals surface area (Å²) < 4.78 is 0. The molecule has 0 radical (unpaired) electrons. The van der Waals surface area contributed by atoms with Gasteiger partial charge < -0.3 is 0 Å². The van der Waals surface area contributed by atoms with E-state index in [1.54, 1.807) is 11.8 Å². The Morgan fingerprint density at radius 1 is 1.63 bits per heavy atom. The van der Waals surface area contributed by atoms with Crippen LogP contribution >= 0.6 is 11.8 Å². The van der Waals surface area contributed by atoms with Crippen molar-refractivity contribution in [3.63, 3.8) is 0 Å². The van der Waals surface area contributed by atoms with Crippen molar-refractivity contribution in [3.05, 3.63) is 24.3 Å². The van der Waals surface area contributed by atoms with Gasteiger partial charge in [-0.05, 0) is 24.5 Å². The molecule has 1 aromatic rings. The first-order chi connectivity index (χ1) is 9.28. The minimum atomic E-state index is 0.265. The first kappa shape index (κ1) is 13.5. The normalized spacial score (nSPS) is 13.9. The van der Waals surface area contributed by atoms with Crippen molar-refractivity contribution in [1.29, 1.82) is 0 Å². The van der Waals surface area contributed by atoms with Crippen LogP contribution in [-0.2, 0) is 4.79 Å². The molecule has 0 spiro atoms. The van der Waals surface area contributed by atoms with E-state index >= 15 is 0 Å². The Labute approximate surface area is 117 Å². The summed E-state index contributed by atoms with van der Waals surface area (Å²) in [5.41, 5.74) is 1.04. The molecule has 0 aromatic heterocycles. The predicted octanol–water partition coefficient (Wildman–Crippen LogP) is 2.02. The Bertz CT molecular complexity index is 536. The third kappa shape index (κ3) is 3.09. The fraction of sp³-hybridized carbons (Fsp3) is 0.286. The molecule has 1 amide bonds. The first-order valence-corrected chi connectivity index (χ1v) is 7.15. The quantitative estimate of drug-likeness (QED) is 0.478. The van der Waals surface area contributed by atoms with Crippen molar-refractivity contribution in [1.82, 2.24) is 4.90 Å². The summed E-state index contributed by atoms with van der Waals surface area (Å²) in [4.78, 5) is 13.6. The van der Waals surface area contributed by atoms with Crippen molar-refractivity contribution in [2.24, 2.45) is 5.10 Å². The zero-order chi connectivity index (χ0) is 13.7. The van der Waals surface area contributed by atoms with Gasteiger partial charge in [-0.2, -0.15) is 5.10 Å². The lowest BCUT2D eigenvalue weighted by Gasteiger charge is -2.14. The van der Waals surface area contributed by atoms with E-state index in [0.717, 1.165) is 30.9 Å². The largest absolute Gasteiger partial charge is 0.290 e. The molecular weight excluding hydrogens is 258 g/mol. The van der Waals surface area contributed by atoms with Crippen LogP contribution in [-0.4, -0.2) is 36.5 Å². The summed E-state index contributed by atoms with van der Waals surface area (Å²) in [7, 11) is 0. The highest BCUT2D eigenvalue weighted by atomic mass is 32.2. The van der Waals surface area contributed by atoms with E-state index in [4.69, 9.17) is 6.42 Å². The van der Waals surface area contributed by atoms with Gasteiger partial charge in [0.05, 0.1) is 12.2 Å². The zero-order valence-corrected chi connectivity index (χ0v) is 11.6. The van der Waals surface area contributed by atoms with Crippen LogP contribution < -0.4 is 5.01 Å². The summed E-state index contributed by atoms with van der Waals surface area (Å²) in [6, 6.07) is 8.17. The number of carbonyl (C=O) groups excluding carboxylic acids is 1. The summed E-state index contributed by atoms with van der Waals surface area (Å²) in [6.07, 6.45) is 8.74. The molecule has 0 atom stereocenters. The van der Waals surface area contributed by atoms with Gasteiger partial charge in [-0.3, -0.25) is 14.7 Å². The van der Waals surface area contributed by atoms with Crippen LogP contribution in [0.25, 0.3) is 0 Å².